The first-order valence-corrected chi connectivity index (χ1v) is 2.87. The van der Waals surface area contributed by atoms with Crippen molar-refractivity contribution in [2.24, 2.45) is 0 Å². The van der Waals surface area contributed by atoms with Gasteiger partial charge < -0.3 is 0 Å². The lowest BCUT2D eigenvalue weighted by atomic mass is 10.4. The number of hydrogen-bond acceptors (Lipinski definition) is 1. The van der Waals surface area contributed by atoms with Gasteiger partial charge in [0.2, 0.25) is 0 Å². The fourth-order valence-corrected chi connectivity index (χ4v) is 0.617. The Labute approximate surface area is 68.1 Å². The third-order valence-electron chi connectivity index (χ3n) is 0.646. The van der Waals surface area contributed by atoms with Gasteiger partial charge in [0.1, 0.15) is 11.2 Å². The van der Waals surface area contributed by atoms with Crippen LogP contribution in [0.1, 0.15) is 12.5 Å². The van der Waals surface area contributed by atoms with Crippen LogP contribution in [0.5, 0.6) is 0 Å². The highest BCUT2D eigenvalue weighted by molar-refractivity contribution is 9.10. The monoisotopic (exact) mass is 194 g/mol. The van der Waals surface area contributed by atoms with E-state index in [9.17, 15) is 4.39 Å². The molecule has 48 valence electrons. The van der Waals surface area contributed by atoms with Crippen LogP contribution in [-0.4, -0.2) is 4.98 Å². The Morgan fingerprint density at radius 1 is 1.89 bits per heavy atom. The van der Waals surface area contributed by atoms with E-state index in [1.54, 1.807) is 0 Å². The molecule has 1 aromatic rings. The van der Waals surface area contributed by atoms with Crippen molar-refractivity contribution in [3.05, 3.63) is 28.4 Å². The van der Waals surface area contributed by atoms with Crippen LogP contribution in [0, 0.1) is 0 Å². The van der Waals surface area contributed by atoms with Crippen molar-refractivity contribution in [2.75, 3.05) is 0 Å². The first-order chi connectivity index (χ1) is 6.25. The molecule has 1 nitrogen and oxygen atoms in total. The largest absolute Gasteiger partial charge is 0.244 e. The molecule has 9 heavy (non-hydrogen) atoms. The van der Waals surface area contributed by atoms with Crippen molar-refractivity contribution in [3.8, 4) is 0 Å². The van der Waals surface area contributed by atoms with E-state index in [4.69, 9.17) is 6.85 Å². The summed E-state index contributed by atoms with van der Waals surface area (Å²) in [5.41, 5.74) is -0.787. The zero-order valence-corrected chi connectivity index (χ0v) is 5.79. The minimum atomic E-state index is -3.27. The van der Waals surface area contributed by atoms with E-state index in [1.807, 2.05) is 0 Å². The van der Waals surface area contributed by atoms with Crippen LogP contribution in [0.4, 0.5) is 4.39 Å². The van der Waals surface area contributed by atoms with Gasteiger partial charge in [-0.25, -0.2) is 9.37 Å². The van der Waals surface area contributed by atoms with Gasteiger partial charge in [-0.1, -0.05) is 6.04 Å². The molecule has 0 bridgehead atoms. The topological polar surface area (TPSA) is 12.9 Å². The van der Waals surface area contributed by atoms with Crippen LogP contribution in [0.3, 0.4) is 0 Å². The summed E-state index contributed by atoms with van der Waals surface area (Å²) < 4.78 is 47.8. The molecule has 0 amide bonds. The van der Waals surface area contributed by atoms with Gasteiger partial charge in [-0.3, -0.25) is 0 Å². The van der Waals surface area contributed by atoms with Crippen LogP contribution in [0.2, 0.25) is 0 Å². The number of alkyl halides is 1. The van der Waals surface area contributed by atoms with Crippen LogP contribution in [0.25, 0.3) is 0 Å². The van der Waals surface area contributed by atoms with E-state index in [2.05, 4.69) is 20.9 Å². The van der Waals surface area contributed by atoms with E-state index in [1.165, 1.54) is 0 Å². The van der Waals surface area contributed by atoms with Crippen LogP contribution < -0.4 is 0 Å². The summed E-state index contributed by atoms with van der Waals surface area (Å²) in [7, 11) is 0. The van der Waals surface area contributed by atoms with E-state index >= 15 is 0 Å². The third-order valence-corrected chi connectivity index (χ3v) is 1.02. The molecule has 0 aromatic carbocycles. The van der Waals surface area contributed by atoms with E-state index in [-0.39, 0.29) is 10.6 Å². The molecule has 1 heterocycles. The zero-order valence-electron chi connectivity index (χ0n) is 9.20. The number of nitrogens with zero attached hydrogens (tertiary/aromatic N) is 1. The quantitative estimate of drug-likeness (QED) is 0.626. The Kier molecular flexibility index (Phi) is 0.862. The van der Waals surface area contributed by atoms with Crippen molar-refractivity contribution in [3.63, 3.8) is 0 Å². The van der Waals surface area contributed by atoms with E-state index in [0.717, 1.165) is 0 Å². The summed E-state index contributed by atoms with van der Waals surface area (Å²) >= 11 is 2.79. The second-order valence-corrected chi connectivity index (χ2v) is 1.97. The van der Waals surface area contributed by atoms with Crippen molar-refractivity contribution in [2.45, 2.75) is 6.63 Å². The third kappa shape index (κ3) is 1.75. The fraction of sp³-hybridized carbons (Fsp3) is 0.167. The van der Waals surface area contributed by atoms with Gasteiger partial charge in [-0.05, 0) is 28.0 Å². The second-order valence-electron chi connectivity index (χ2n) is 1.22. The Bertz CT molecular complexity index is 377. The number of rotatable bonds is 1. The average Bonchev–Trinajstić information content (AvgIpc) is 2.06. The zero-order chi connectivity index (χ0) is 11.1. The van der Waals surface area contributed by atoms with E-state index in [0.29, 0.717) is 0 Å². The summed E-state index contributed by atoms with van der Waals surface area (Å²) in [4.78, 5) is 3.38. The summed E-state index contributed by atoms with van der Waals surface area (Å²) in [6.45, 7) is -3.27. The number of aromatic nitrogens is 1. The minimum Gasteiger partial charge on any atom is -0.244 e. The minimum absolute atomic E-state index is 0.143. The Hall–Kier alpha value is -0.440. The standard InChI is InChI=1S/C6H5BrFN/c7-6-3-1-2-5(4-8)9-6/h1-3H,4H2/i1D,2D,3D,4D2. The molecule has 0 saturated carbocycles. The molecular weight excluding hydrogens is 185 g/mol. The van der Waals surface area contributed by atoms with E-state index < -0.39 is 24.4 Å². The van der Waals surface area contributed by atoms with Crippen molar-refractivity contribution >= 4 is 15.9 Å². The maximum absolute atomic E-state index is 12.9. The van der Waals surface area contributed by atoms with Crippen molar-refractivity contribution in [1.29, 1.82) is 0 Å². The normalized spacial score (nSPS) is 19.1. The maximum Gasteiger partial charge on any atom is 0.131 e. The molecule has 0 spiro atoms. The predicted octanol–water partition coefficient (Wildman–Crippen LogP) is 2.31. The number of hydrogen-bond donors (Lipinski definition) is 0. The molecular formula is C6H5BrFN. The first-order valence-electron chi connectivity index (χ1n) is 4.58. The molecule has 0 aliphatic heterocycles. The highest BCUT2D eigenvalue weighted by Crippen LogP contribution is 2.06. The van der Waals surface area contributed by atoms with Gasteiger partial charge in [0.15, 0.2) is 0 Å². The lowest BCUT2D eigenvalue weighted by Crippen LogP contribution is -1.83. The van der Waals surface area contributed by atoms with Crippen molar-refractivity contribution < 1.29 is 11.2 Å². The number of pyridine rings is 1. The SMILES string of the molecule is [2H]c1c(Br)nc(C([2H])([2H])F)c([2H])c1[2H]. The molecule has 0 aliphatic carbocycles. The molecule has 0 atom stereocenters. The van der Waals surface area contributed by atoms with Gasteiger partial charge in [0, 0.05) is 0 Å². The highest BCUT2D eigenvalue weighted by Gasteiger charge is 1.91. The van der Waals surface area contributed by atoms with Gasteiger partial charge >= 0.3 is 0 Å². The summed E-state index contributed by atoms with van der Waals surface area (Å²) in [6, 6.07) is -1.61. The molecule has 1 aromatic heterocycles. The van der Waals surface area contributed by atoms with Gasteiger partial charge in [0.25, 0.3) is 0 Å². The first kappa shape index (κ1) is 2.66. The molecule has 0 radical (unpaired) electrons. The number of halogens is 2. The molecule has 1 rings (SSSR count). The molecule has 3 heteroatoms. The van der Waals surface area contributed by atoms with Gasteiger partial charge in [-0.15, -0.1) is 0 Å². The molecule has 0 saturated heterocycles. The Balaban J connectivity index is 3.49. The Morgan fingerprint density at radius 2 is 2.67 bits per heavy atom. The molecule has 0 unspecified atom stereocenters. The lowest BCUT2D eigenvalue weighted by molar-refractivity contribution is 0.475. The molecule has 0 N–H and O–H groups in total. The predicted molar refractivity (Wildman–Crippen MR) is 36.7 cm³/mol. The average molecular weight is 195 g/mol. The lowest BCUT2D eigenvalue weighted by Gasteiger charge is -1.91. The van der Waals surface area contributed by atoms with Crippen LogP contribution in [-0.2, 0) is 6.63 Å². The maximum atomic E-state index is 12.9. The van der Waals surface area contributed by atoms with Crippen molar-refractivity contribution in [1.82, 2.24) is 4.98 Å². The Morgan fingerprint density at radius 3 is 3.33 bits per heavy atom. The smallest absolute Gasteiger partial charge is 0.131 e. The van der Waals surface area contributed by atoms with Gasteiger partial charge in [0.05, 0.1) is 12.5 Å². The molecule has 0 aliphatic rings. The van der Waals surface area contributed by atoms with Crippen LogP contribution >= 0.6 is 15.9 Å². The second kappa shape index (κ2) is 2.92. The highest BCUT2D eigenvalue weighted by atomic mass is 79.9. The molecule has 0 fully saturated rings. The van der Waals surface area contributed by atoms with Crippen LogP contribution in [0.15, 0.2) is 22.7 Å². The summed E-state index contributed by atoms with van der Waals surface area (Å²) in [5.74, 6) is 0. The fourth-order valence-electron chi connectivity index (χ4n) is 0.341. The van der Waals surface area contributed by atoms with Gasteiger partial charge in [-0.2, -0.15) is 0 Å². The summed E-state index contributed by atoms with van der Waals surface area (Å²) in [6.07, 6.45) is 0. The summed E-state index contributed by atoms with van der Waals surface area (Å²) in [5, 5.41) is 0.